The van der Waals surface area contributed by atoms with E-state index in [9.17, 15) is 9.90 Å². The van der Waals surface area contributed by atoms with Crippen molar-refractivity contribution in [2.75, 3.05) is 14.2 Å². The van der Waals surface area contributed by atoms with Gasteiger partial charge < -0.3 is 14.6 Å². The lowest BCUT2D eigenvalue weighted by atomic mass is 10.1. The minimum absolute atomic E-state index is 0.0848. The van der Waals surface area contributed by atoms with Crippen LogP contribution < -0.4 is 9.47 Å². The number of methoxy groups -OCH3 is 2. The van der Waals surface area contributed by atoms with Gasteiger partial charge in [0, 0.05) is 17.2 Å². The molecule has 22 heavy (non-hydrogen) atoms. The number of halogens is 1. The Balaban J connectivity index is 2.33. The van der Waals surface area contributed by atoms with Gasteiger partial charge in [0.15, 0.2) is 5.78 Å². The first-order chi connectivity index (χ1) is 10.5. The van der Waals surface area contributed by atoms with E-state index in [1.165, 1.54) is 26.4 Å². The molecule has 0 unspecified atom stereocenters. The molecule has 5 heteroatoms. The zero-order valence-electron chi connectivity index (χ0n) is 12.2. The highest BCUT2D eigenvalue weighted by Gasteiger charge is 2.17. The predicted octanol–water partition coefficient (Wildman–Crippen LogP) is 3.96. The maximum absolute atomic E-state index is 12.3. The fourth-order valence-electron chi connectivity index (χ4n) is 1.97. The summed E-state index contributed by atoms with van der Waals surface area (Å²) in [7, 11) is 2.89. The summed E-state index contributed by atoms with van der Waals surface area (Å²) in [5.74, 6) is 0.0798. The molecular weight excluding hydrogens is 304 g/mol. The molecule has 4 nitrogen and oxygen atoms in total. The van der Waals surface area contributed by atoms with E-state index >= 15 is 0 Å². The first kappa shape index (κ1) is 15.9. The van der Waals surface area contributed by atoms with Crippen LogP contribution >= 0.6 is 11.6 Å². The number of hydrogen-bond acceptors (Lipinski definition) is 4. The second kappa shape index (κ2) is 7.00. The van der Waals surface area contributed by atoms with Gasteiger partial charge in [0.2, 0.25) is 0 Å². The molecule has 0 saturated heterocycles. The molecular formula is C17H15ClO4. The summed E-state index contributed by atoms with van der Waals surface area (Å²) in [6, 6.07) is 10.00. The fourth-order valence-corrected chi connectivity index (χ4v) is 2.17. The molecule has 0 saturated carbocycles. The highest BCUT2D eigenvalue weighted by atomic mass is 35.5. The monoisotopic (exact) mass is 318 g/mol. The molecule has 0 aliphatic heterocycles. The molecule has 0 bridgehead atoms. The Morgan fingerprint density at radius 1 is 1.18 bits per heavy atom. The SMILES string of the molecule is COc1cc(O)c(C(=O)/C=C/c2cccc(Cl)c2)c(OC)c1. The molecule has 114 valence electrons. The number of phenolic OH excluding ortho intramolecular Hbond substituents is 1. The number of ketones is 1. The summed E-state index contributed by atoms with van der Waals surface area (Å²) in [6.07, 6.45) is 2.98. The molecule has 2 aromatic carbocycles. The van der Waals surface area contributed by atoms with Crippen LogP contribution in [0, 0.1) is 0 Å². The summed E-state index contributed by atoms with van der Waals surface area (Å²) in [6.45, 7) is 0. The standard InChI is InChI=1S/C17H15ClO4/c1-21-13-9-15(20)17(16(10-13)22-2)14(19)7-6-11-4-3-5-12(18)8-11/h3-10,20H,1-2H3/b7-6+. The molecule has 0 spiro atoms. The summed E-state index contributed by atoms with van der Waals surface area (Å²) in [5, 5.41) is 10.6. The first-order valence-electron chi connectivity index (χ1n) is 6.48. The van der Waals surface area contributed by atoms with Crippen LogP contribution in [0.25, 0.3) is 6.08 Å². The Morgan fingerprint density at radius 2 is 1.95 bits per heavy atom. The number of hydrogen-bond donors (Lipinski definition) is 1. The molecule has 0 aromatic heterocycles. The van der Waals surface area contributed by atoms with Gasteiger partial charge in [0.25, 0.3) is 0 Å². The maximum Gasteiger partial charge on any atom is 0.193 e. The second-order valence-corrected chi connectivity index (χ2v) is 4.91. The van der Waals surface area contributed by atoms with Gasteiger partial charge in [-0.05, 0) is 23.8 Å². The van der Waals surface area contributed by atoms with E-state index in [2.05, 4.69) is 0 Å². The van der Waals surface area contributed by atoms with Crippen molar-refractivity contribution in [3.05, 3.63) is 58.6 Å². The molecule has 0 heterocycles. The molecule has 0 aliphatic carbocycles. The summed E-state index contributed by atoms with van der Waals surface area (Å²) < 4.78 is 10.2. The Morgan fingerprint density at radius 3 is 2.59 bits per heavy atom. The van der Waals surface area contributed by atoms with E-state index in [0.717, 1.165) is 5.56 Å². The van der Waals surface area contributed by atoms with Gasteiger partial charge in [0.1, 0.15) is 22.8 Å². The fraction of sp³-hybridized carbons (Fsp3) is 0.118. The minimum Gasteiger partial charge on any atom is -0.507 e. The number of rotatable bonds is 5. The Hall–Kier alpha value is -2.46. The molecule has 0 fully saturated rings. The summed E-state index contributed by atoms with van der Waals surface area (Å²) >= 11 is 5.89. The van der Waals surface area contributed by atoms with Crippen LogP contribution in [0.3, 0.4) is 0 Å². The number of benzene rings is 2. The van der Waals surface area contributed by atoms with Crippen molar-refractivity contribution in [3.8, 4) is 17.2 Å². The Labute approximate surface area is 133 Å². The molecule has 2 rings (SSSR count). The number of phenols is 1. The third-order valence-electron chi connectivity index (χ3n) is 3.03. The van der Waals surface area contributed by atoms with Crippen LogP contribution in [0.4, 0.5) is 0 Å². The molecule has 0 atom stereocenters. The third kappa shape index (κ3) is 3.59. The summed E-state index contributed by atoms with van der Waals surface area (Å²) in [4.78, 5) is 12.3. The van der Waals surface area contributed by atoms with E-state index in [0.29, 0.717) is 10.8 Å². The Kier molecular flexibility index (Phi) is 5.07. The lowest BCUT2D eigenvalue weighted by molar-refractivity contribution is 0.104. The predicted molar refractivity (Wildman–Crippen MR) is 86.0 cm³/mol. The lowest BCUT2D eigenvalue weighted by Crippen LogP contribution is -2.00. The lowest BCUT2D eigenvalue weighted by Gasteiger charge is -2.10. The number of carbonyl (C=O) groups is 1. The van der Waals surface area contributed by atoms with Crippen LogP contribution in [0.15, 0.2) is 42.5 Å². The van der Waals surface area contributed by atoms with Gasteiger partial charge in [-0.15, -0.1) is 0 Å². The topological polar surface area (TPSA) is 55.8 Å². The van der Waals surface area contributed by atoms with Crippen molar-refractivity contribution in [3.63, 3.8) is 0 Å². The smallest absolute Gasteiger partial charge is 0.193 e. The second-order valence-electron chi connectivity index (χ2n) is 4.48. The molecule has 0 radical (unpaired) electrons. The average molecular weight is 319 g/mol. The van der Waals surface area contributed by atoms with Crippen LogP contribution in [0.2, 0.25) is 5.02 Å². The van der Waals surface area contributed by atoms with E-state index in [1.54, 1.807) is 30.3 Å². The number of aromatic hydroxyl groups is 1. The average Bonchev–Trinajstić information content (AvgIpc) is 2.51. The first-order valence-corrected chi connectivity index (χ1v) is 6.86. The van der Waals surface area contributed by atoms with Crippen molar-refractivity contribution in [1.29, 1.82) is 0 Å². The maximum atomic E-state index is 12.3. The zero-order valence-corrected chi connectivity index (χ0v) is 12.9. The van der Waals surface area contributed by atoms with E-state index in [4.69, 9.17) is 21.1 Å². The van der Waals surface area contributed by atoms with Gasteiger partial charge in [-0.3, -0.25) is 4.79 Å². The zero-order chi connectivity index (χ0) is 16.1. The quantitative estimate of drug-likeness (QED) is 0.669. The van der Waals surface area contributed by atoms with Crippen molar-refractivity contribution in [2.24, 2.45) is 0 Å². The molecule has 2 aromatic rings. The normalized spacial score (nSPS) is 10.7. The van der Waals surface area contributed by atoms with Crippen molar-refractivity contribution >= 4 is 23.5 Å². The number of carbonyl (C=O) groups excluding carboxylic acids is 1. The van der Waals surface area contributed by atoms with Gasteiger partial charge in [0.05, 0.1) is 14.2 Å². The van der Waals surface area contributed by atoms with Crippen LogP contribution in [-0.2, 0) is 0 Å². The van der Waals surface area contributed by atoms with Gasteiger partial charge in [-0.1, -0.05) is 29.8 Å². The third-order valence-corrected chi connectivity index (χ3v) is 3.27. The van der Waals surface area contributed by atoms with Crippen LogP contribution in [-0.4, -0.2) is 25.1 Å². The highest BCUT2D eigenvalue weighted by molar-refractivity contribution is 6.30. The van der Waals surface area contributed by atoms with Crippen LogP contribution in [0.5, 0.6) is 17.2 Å². The van der Waals surface area contributed by atoms with E-state index in [1.807, 2.05) is 6.07 Å². The van der Waals surface area contributed by atoms with Gasteiger partial charge in [-0.25, -0.2) is 0 Å². The van der Waals surface area contributed by atoms with Crippen molar-refractivity contribution < 1.29 is 19.4 Å². The van der Waals surface area contributed by atoms with Crippen molar-refractivity contribution in [1.82, 2.24) is 0 Å². The Bertz CT molecular complexity index is 723. The van der Waals surface area contributed by atoms with E-state index < -0.39 is 0 Å². The minimum atomic E-state index is -0.378. The summed E-state index contributed by atoms with van der Waals surface area (Å²) in [5.41, 5.74) is 0.870. The largest absolute Gasteiger partial charge is 0.507 e. The molecule has 1 N–H and O–H groups in total. The number of allylic oxidation sites excluding steroid dienone is 1. The van der Waals surface area contributed by atoms with Crippen LogP contribution in [0.1, 0.15) is 15.9 Å². The van der Waals surface area contributed by atoms with Gasteiger partial charge >= 0.3 is 0 Å². The number of ether oxygens (including phenoxy) is 2. The highest BCUT2D eigenvalue weighted by Crippen LogP contribution is 2.33. The van der Waals surface area contributed by atoms with Gasteiger partial charge in [-0.2, -0.15) is 0 Å². The van der Waals surface area contributed by atoms with E-state index in [-0.39, 0.29) is 22.8 Å². The van der Waals surface area contributed by atoms with Crippen molar-refractivity contribution in [2.45, 2.75) is 0 Å². The molecule has 0 amide bonds. The molecule has 0 aliphatic rings.